The second-order valence-corrected chi connectivity index (χ2v) is 4.31. The van der Waals surface area contributed by atoms with Crippen LogP contribution in [0.1, 0.15) is 5.56 Å². The third-order valence-electron chi connectivity index (χ3n) is 1.90. The highest BCUT2D eigenvalue weighted by Gasteiger charge is 2.07. The Kier molecular flexibility index (Phi) is 2.40. The van der Waals surface area contributed by atoms with Gasteiger partial charge in [-0.3, -0.25) is 0 Å². The number of thiophene rings is 1. The Balaban J connectivity index is 2.74. The van der Waals surface area contributed by atoms with Crippen LogP contribution in [0.15, 0.2) is 18.2 Å². The highest BCUT2D eigenvalue weighted by Crippen LogP contribution is 2.31. The van der Waals surface area contributed by atoms with Crippen molar-refractivity contribution in [2.24, 2.45) is 0 Å². The monoisotopic (exact) mass is 225 g/mol. The first-order chi connectivity index (χ1) is 6.70. The first-order valence-corrected chi connectivity index (χ1v) is 5.14. The molecule has 0 aliphatic heterocycles. The molecule has 14 heavy (non-hydrogen) atoms. The molecular formula is C10H5ClFNS. The average molecular weight is 226 g/mol. The summed E-state index contributed by atoms with van der Waals surface area (Å²) in [5.41, 5.74) is 0.795. The Bertz CT molecular complexity index is 527. The van der Waals surface area contributed by atoms with Crippen molar-refractivity contribution in [1.82, 2.24) is 0 Å². The summed E-state index contributed by atoms with van der Waals surface area (Å²) in [5, 5.41) is 9.66. The number of hydrogen-bond acceptors (Lipinski definition) is 2. The molecule has 4 heteroatoms. The molecule has 1 aromatic heterocycles. The van der Waals surface area contributed by atoms with Crippen molar-refractivity contribution in [3.8, 4) is 6.07 Å². The van der Waals surface area contributed by atoms with Crippen LogP contribution in [0.2, 0.25) is 5.02 Å². The van der Waals surface area contributed by atoms with Crippen molar-refractivity contribution in [3.63, 3.8) is 0 Å². The lowest BCUT2D eigenvalue weighted by Gasteiger charge is -1.98. The van der Waals surface area contributed by atoms with Gasteiger partial charge in [0.2, 0.25) is 0 Å². The normalized spacial score (nSPS) is 10.4. The van der Waals surface area contributed by atoms with Gasteiger partial charge in [0.05, 0.1) is 12.5 Å². The zero-order chi connectivity index (χ0) is 10.1. The maximum absolute atomic E-state index is 13.0. The highest BCUT2D eigenvalue weighted by atomic mass is 35.5. The summed E-state index contributed by atoms with van der Waals surface area (Å²) in [6.07, 6.45) is 0.261. The Hall–Kier alpha value is -1.11. The summed E-state index contributed by atoms with van der Waals surface area (Å²) in [6.45, 7) is 0. The van der Waals surface area contributed by atoms with E-state index in [4.69, 9.17) is 16.9 Å². The van der Waals surface area contributed by atoms with Gasteiger partial charge in [0.25, 0.3) is 0 Å². The lowest BCUT2D eigenvalue weighted by molar-refractivity contribution is 0.658. The molecule has 0 saturated carbocycles. The van der Waals surface area contributed by atoms with Gasteiger partial charge in [0.1, 0.15) is 0 Å². The number of halogens is 2. The molecule has 2 rings (SSSR count). The third-order valence-corrected chi connectivity index (χ3v) is 3.13. The summed E-state index contributed by atoms with van der Waals surface area (Å²) in [4.78, 5) is 0. The minimum Gasteiger partial charge on any atom is -0.198 e. The Morgan fingerprint density at radius 2 is 2.21 bits per heavy atom. The zero-order valence-electron chi connectivity index (χ0n) is 7.05. The van der Waals surface area contributed by atoms with E-state index in [0.29, 0.717) is 5.02 Å². The number of nitriles is 1. The first kappa shape index (κ1) is 9.45. The van der Waals surface area contributed by atoms with E-state index in [1.54, 1.807) is 12.1 Å². The molecule has 0 N–H and O–H groups in total. The topological polar surface area (TPSA) is 23.8 Å². The van der Waals surface area contributed by atoms with Crippen molar-refractivity contribution in [2.75, 3.05) is 0 Å². The van der Waals surface area contributed by atoms with Crippen LogP contribution in [0.25, 0.3) is 10.1 Å². The molecule has 0 amide bonds. The van der Waals surface area contributed by atoms with Crippen LogP contribution in [0.5, 0.6) is 0 Å². The number of fused-ring (bicyclic) bond motifs is 1. The van der Waals surface area contributed by atoms with Crippen molar-refractivity contribution in [3.05, 3.63) is 33.9 Å². The quantitative estimate of drug-likeness (QED) is 0.725. The molecule has 2 aromatic rings. The van der Waals surface area contributed by atoms with Gasteiger partial charge in [-0.05, 0) is 29.1 Å². The van der Waals surface area contributed by atoms with Crippen molar-refractivity contribution >= 4 is 33.0 Å². The first-order valence-electron chi connectivity index (χ1n) is 3.95. The van der Waals surface area contributed by atoms with E-state index < -0.39 is 0 Å². The molecular weight excluding hydrogens is 221 g/mol. The number of hydrogen-bond donors (Lipinski definition) is 0. The van der Waals surface area contributed by atoms with Gasteiger partial charge in [-0.1, -0.05) is 11.6 Å². The number of rotatable bonds is 1. The van der Waals surface area contributed by atoms with E-state index in [9.17, 15) is 4.39 Å². The average Bonchev–Trinajstić information content (AvgIpc) is 2.45. The number of benzene rings is 1. The van der Waals surface area contributed by atoms with Gasteiger partial charge in [-0.2, -0.15) is 9.65 Å². The SMILES string of the molecule is N#CCc1cc(Cl)cc2cc(F)sc12. The summed E-state index contributed by atoms with van der Waals surface area (Å²) in [5.74, 6) is 0. The van der Waals surface area contributed by atoms with Gasteiger partial charge < -0.3 is 0 Å². The third kappa shape index (κ3) is 1.59. The molecule has 0 bridgehead atoms. The predicted octanol–water partition coefficient (Wildman–Crippen LogP) is 3.76. The fourth-order valence-electron chi connectivity index (χ4n) is 1.37. The van der Waals surface area contributed by atoms with Crippen LogP contribution in [0.4, 0.5) is 4.39 Å². The smallest absolute Gasteiger partial charge is 0.177 e. The molecule has 1 heterocycles. The predicted molar refractivity (Wildman–Crippen MR) is 56.1 cm³/mol. The van der Waals surface area contributed by atoms with E-state index in [0.717, 1.165) is 27.0 Å². The molecule has 0 atom stereocenters. The summed E-state index contributed by atoms with van der Waals surface area (Å²) in [7, 11) is 0. The molecule has 0 aliphatic carbocycles. The van der Waals surface area contributed by atoms with Crippen molar-refractivity contribution < 1.29 is 4.39 Å². The summed E-state index contributed by atoms with van der Waals surface area (Å²) in [6, 6.07) is 6.89. The van der Waals surface area contributed by atoms with Gasteiger partial charge in [0.15, 0.2) is 5.13 Å². The molecule has 0 spiro atoms. The van der Waals surface area contributed by atoms with E-state index >= 15 is 0 Å². The molecule has 1 aromatic carbocycles. The van der Waals surface area contributed by atoms with Crippen molar-refractivity contribution in [1.29, 1.82) is 5.26 Å². The second-order valence-electron chi connectivity index (χ2n) is 2.87. The molecule has 0 fully saturated rings. The molecule has 0 radical (unpaired) electrons. The zero-order valence-corrected chi connectivity index (χ0v) is 8.62. The molecule has 0 aliphatic rings. The molecule has 1 nitrogen and oxygen atoms in total. The van der Waals surface area contributed by atoms with Crippen LogP contribution < -0.4 is 0 Å². The minimum absolute atomic E-state index is 0.249. The molecule has 0 saturated heterocycles. The largest absolute Gasteiger partial charge is 0.198 e. The van der Waals surface area contributed by atoms with Gasteiger partial charge in [-0.25, -0.2) is 0 Å². The van der Waals surface area contributed by atoms with E-state index in [-0.39, 0.29) is 11.6 Å². The van der Waals surface area contributed by atoms with Crippen LogP contribution in [-0.2, 0) is 6.42 Å². The Morgan fingerprint density at radius 1 is 1.43 bits per heavy atom. The Morgan fingerprint density at radius 3 is 2.93 bits per heavy atom. The maximum atomic E-state index is 13.0. The number of nitrogens with zero attached hydrogens (tertiary/aromatic N) is 1. The van der Waals surface area contributed by atoms with Gasteiger partial charge >= 0.3 is 0 Å². The highest BCUT2D eigenvalue weighted by molar-refractivity contribution is 7.17. The summed E-state index contributed by atoms with van der Waals surface area (Å²) < 4.78 is 13.8. The van der Waals surface area contributed by atoms with E-state index in [1.165, 1.54) is 6.07 Å². The maximum Gasteiger partial charge on any atom is 0.177 e. The minimum atomic E-state index is -0.249. The fraction of sp³-hybridized carbons (Fsp3) is 0.100. The fourth-order valence-corrected chi connectivity index (χ4v) is 2.50. The van der Waals surface area contributed by atoms with E-state index in [1.807, 2.05) is 6.07 Å². The molecule has 70 valence electrons. The van der Waals surface area contributed by atoms with Gasteiger partial charge in [0, 0.05) is 9.72 Å². The van der Waals surface area contributed by atoms with E-state index in [2.05, 4.69) is 0 Å². The summed E-state index contributed by atoms with van der Waals surface area (Å²) >= 11 is 6.89. The Labute approximate surface area is 89.3 Å². The lowest BCUT2D eigenvalue weighted by Crippen LogP contribution is -1.81. The molecule has 0 unspecified atom stereocenters. The van der Waals surface area contributed by atoms with Crippen LogP contribution >= 0.6 is 22.9 Å². The second kappa shape index (κ2) is 3.56. The van der Waals surface area contributed by atoms with Crippen LogP contribution in [0.3, 0.4) is 0 Å². The van der Waals surface area contributed by atoms with Crippen LogP contribution in [0, 0.1) is 16.5 Å². The standard InChI is InChI=1S/C10H5ClFNS/c11-8-3-6(1-2-13)10-7(4-8)5-9(12)14-10/h3-5H,1H2. The van der Waals surface area contributed by atoms with Crippen molar-refractivity contribution in [2.45, 2.75) is 6.42 Å². The van der Waals surface area contributed by atoms with Crippen LogP contribution in [-0.4, -0.2) is 0 Å². The lowest BCUT2D eigenvalue weighted by atomic mass is 10.1. The van der Waals surface area contributed by atoms with Gasteiger partial charge in [-0.15, -0.1) is 11.3 Å².